The van der Waals surface area contributed by atoms with Crippen molar-refractivity contribution in [3.8, 4) is 0 Å². The maximum absolute atomic E-state index is 6.38. The van der Waals surface area contributed by atoms with Crippen molar-refractivity contribution >= 4 is 23.2 Å². The van der Waals surface area contributed by atoms with Gasteiger partial charge >= 0.3 is 0 Å². The Balaban J connectivity index is 2.04. The Morgan fingerprint density at radius 3 is 2.71 bits per heavy atom. The zero-order chi connectivity index (χ0) is 10.2. The molecule has 0 spiro atoms. The SMILES string of the molecule is CCC=CCC12CCCCC1C2(Cl)Cl. The van der Waals surface area contributed by atoms with Crippen LogP contribution in [0.1, 0.15) is 45.4 Å². The van der Waals surface area contributed by atoms with Crippen molar-refractivity contribution in [1.82, 2.24) is 0 Å². The van der Waals surface area contributed by atoms with Crippen molar-refractivity contribution in [2.24, 2.45) is 11.3 Å². The van der Waals surface area contributed by atoms with Crippen molar-refractivity contribution in [2.45, 2.75) is 49.8 Å². The van der Waals surface area contributed by atoms with Gasteiger partial charge in [0, 0.05) is 11.3 Å². The van der Waals surface area contributed by atoms with Gasteiger partial charge in [-0.15, -0.1) is 23.2 Å². The molecule has 0 aromatic rings. The van der Waals surface area contributed by atoms with E-state index in [-0.39, 0.29) is 5.41 Å². The van der Waals surface area contributed by atoms with Gasteiger partial charge in [-0.3, -0.25) is 0 Å². The Kier molecular flexibility index (Phi) is 2.87. The lowest BCUT2D eigenvalue weighted by Gasteiger charge is -2.19. The van der Waals surface area contributed by atoms with Crippen LogP contribution in [0.4, 0.5) is 0 Å². The molecule has 2 heteroatoms. The van der Waals surface area contributed by atoms with Gasteiger partial charge in [0.2, 0.25) is 0 Å². The zero-order valence-corrected chi connectivity index (χ0v) is 10.2. The van der Waals surface area contributed by atoms with E-state index < -0.39 is 4.33 Å². The fraction of sp³-hybridized carbons (Fsp3) is 0.833. The molecular weight excluding hydrogens is 215 g/mol. The Morgan fingerprint density at radius 1 is 1.29 bits per heavy atom. The second-order valence-electron chi connectivity index (χ2n) is 4.66. The predicted octanol–water partition coefficient (Wildman–Crippen LogP) is 4.71. The van der Waals surface area contributed by atoms with Crippen molar-refractivity contribution in [3.63, 3.8) is 0 Å². The molecule has 2 unspecified atom stereocenters. The summed E-state index contributed by atoms with van der Waals surface area (Å²) < 4.78 is -0.415. The molecule has 0 saturated heterocycles. The van der Waals surface area contributed by atoms with E-state index in [4.69, 9.17) is 23.2 Å². The van der Waals surface area contributed by atoms with Crippen LogP contribution in [0.3, 0.4) is 0 Å². The Morgan fingerprint density at radius 2 is 2.07 bits per heavy atom. The molecule has 2 fully saturated rings. The fourth-order valence-electron chi connectivity index (χ4n) is 3.02. The molecule has 2 rings (SSSR count). The van der Waals surface area contributed by atoms with E-state index in [1.54, 1.807) is 0 Å². The third kappa shape index (κ3) is 1.42. The van der Waals surface area contributed by atoms with E-state index in [2.05, 4.69) is 19.1 Å². The molecule has 0 radical (unpaired) electrons. The monoisotopic (exact) mass is 232 g/mol. The lowest BCUT2D eigenvalue weighted by Crippen LogP contribution is -2.11. The summed E-state index contributed by atoms with van der Waals surface area (Å²) >= 11 is 12.8. The van der Waals surface area contributed by atoms with Gasteiger partial charge in [-0.1, -0.05) is 31.9 Å². The van der Waals surface area contributed by atoms with E-state index in [9.17, 15) is 0 Å². The van der Waals surface area contributed by atoms with Crippen LogP contribution in [0.5, 0.6) is 0 Å². The largest absolute Gasteiger partial charge is 0.128 e. The van der Waals surface area contributed by atoms with Crippen LogP contribution in [-0.4, -0.2) is 4.33 Å². The summed E-state index contributed by atoms with van der Waals surface area (Å²) in [5.41, 5.74) is 0.236. The molecule has 80 valence electrons. The van der Waals surface area contributed by atoms with E-state index in [1.165, 1.54) is 25.7 Å². The summed E-state index contributed by atoms with van der Waals surface area (Å²) in [7, 11) is 0. The first-order valence-corrected chi connectivity index (χ1v) is 6.43. The standard InChI is InChI=1S/C12H18Cl2/c1-2-3-5-8-11-9-6-4-7-10(11)12(11,13)14/h3,5,10H,2,4,6-9H2,1H3. The number of halogens is 2. The summed E-state index contributed by atoms with van der Waals surface area (Å²) in [5.74, 6) is 0.564. The first-order chi connectivity index (χ1) is 6.65. The lowest BCUT2D eigenvalue weighted by atomic mass is 9.86. The maximum atomic E-state index is 6.38. The number of fused-ring (bicyclic) bond motifs is 1. The summed E-state index contributed by atoms with van der Waals surface area (Å²) in [6, 6.07) is 0. The number of hydrogen-bond acceptors (Lipinski definition) is 0. The highest BCUT2D eigenvalue weighted by Crippen LogP contribution is 2.76. The Labute approximate surface area is 96.7 Å². The minimum Gasteiger partial charge on any atom is -0.101 e. The zero-order valence-electron chi connectivity index (χ0n) is 8.73. The van der Waals surface area contributed by atoms with Crippen molar-refractivity contribution < 1.29 is 0 Å². The quantitative estimate of drug-likeness (QED) is 0.489. The molecular formula is C12H18Cl2. The normalized spacial score (nSPS) is 39.8. The van der Waals surface area contributed by atoms with E-state index in [1.807, 2.05) is 0 Å². The average molecular weight is 233 g/mol. The molecule has 2 saturated carbocycles. The number of allylic oxidation sites excluding steroid dienone is 2. The van der Waals surface area contributed by atoms with Crippen LogP contribution in [0.25, 0.3) is 0 Å². The van der Waals surface area contributed by atoms with Gasteiger partial charge in [-0.05, 0) is 25.7 Å². The van der Waals surface area contributed by atoms with Crippen LogP contribution in [0.2, 0.25) is 0 Å². The lowest BCUT2D eigenvalue weighted by molar-refractivity contribution is 0.339. The van der Waals surface area contributed by atoms with Gasteiger partial charge in [0.25, 0.3) is 0 Å². The molecule has 2 atom stereocenters. The molecule has 2 aliphatic rings. The first kappa shape index (κ1) is 10.8. The minimum atomic E-state index is -0.415. The van der Waals surface area contributed by atoms with Crippen molar-refractivity contribution in [1.29, 1.82) is 0 Å². The van der Waals surface area contributed by atoms with Crippen LogP contribution in [0, 0.1) is 11.3 Å². The highest BCUT2D eigenvalue weighted by molar-refractivity contribution is 6.51. The first-order valence-electron chi connectivity index (χ1n) is 5.68. The van der Waals surface area contributed by atoms with Gasteiger partial charge in [-0.2, -0.15) is 0 Å². The van der Waals surface area contributed by atoms with Crippen molar-refractivity contribution in [2.75, 3.05) is 0 Å². The van der Waals surface area contributed by atoms with Crippen LogP contribution in [-0.2, 0) is 0 Å². The molecule has 14 heavy (non-hydrogen) atoms. The second-order valence-corrected chi connectivity index (χ2v) is 6.05. The molecule has 0 N–H and O–H groups in total. The second kappa shape index (κ2) is 3.72. The van der Waals surface area contributed by atoms with Gasteiger partial charge in [0.1, 0.15) is 4.33 Å². The Hall–Kier alpha value is 0.320. The van der Waals surface area contributed by atoms with Gasteiger partial charge in [-0.25, -0.2) is 0 Å². The maximum Gasteiger partial charge on any atom is 0.128 e. The fourth-order valence-corrected chi connectivity index (χ4v) is 4.15. The Bertz CT molecular complexity index is 245. The topological polar surface area (TPSA) is 0 Å². The highest BCUT2D eigenvalue weighted by Gasteiger charge is 2.74. The number of alkyl halides is 2. The molecule has 2 aliphatic carbocycles. The van der Waals surface area contributed by atoms with Crippen LogP contribution < -0.4 is 0 Å². The number of hydrogen-bond donors (Lipinski definition) is 0. The summed E-state index contributed by atoms with van der Waals surface area (Å²) in [4.78, 5) is 0. The van der Waals surface area contributed by atoms with Gasteiger partial charge < -0.3 is 0 Å². The van der Waals surface area contributed by atoms with Gasteiger partial charge in [0.15, 0.2) is 0 Å². The molecule has 0 aromatic carbocycles. The van der Waals surface area contributed by atoms with Crippen LogP contribution >= 0.6 is 23.2 Å². The predicted molar refractivity (Wildman–Crippen MR) is 62.9 cm³/mol. The van der Waals surface area contributed by atoms with E-state index in [0.29, 0.717) is 5.92 Å². The molecule has 0 aliphatic heterocycles. The molecule has 0 nitrogen and oxygen atoms in total. The highest BCUT2D eigenvalue weighted by atomic mass is 35.5. The minimum absolute atomic E-state index is 0.236. The summed E-state index contributed by atoms with van der Waals surface area (Å²) in [5, 5.41) is 0. The molecule has 0 amide bonds. The summed E-state index contributed by atoms with van der Waals surface area (Å²) in [6.07, 6.45) is 11.7. The average Bonchev–Trinajstić information content (AvgIpc) is 2.66. The van der Waals surface area contributed by atoms with Crippen LogP contribution in [0.15, 0.2) is 12.2 Å². The molecule has 0 heterocycles. The smallest absolute Gasteiger partial charge is 0.101 e. The summed E-state index contributed by atoms with van der Waals surface area (Å²) in [6.45, 7) is 2.16. The third-order valence-electron chi connectivity index (χ3n) is 3.94. The molecule has 0 bridgehead atoms. The molecule has 0 aromatic heterocycles. The van der Waals surface area contributed by atoms with Gasteiger partial charge in [0.05, 0.1) is 0 Å². The van der Waals surface area contributed by atoms with E-state index >= 15 is 0 Å². The van der Waals surface area contributed by atoms with Crippen molar-refractivity contribution in [3.05, 3.63) is 12.2 Å². The number of rotatable bonds is 3. The third-order valence-corrected chi connectivity index (χ3v) is 5.21. The van der Waals surface area contributed by atoms with E-state index in [0.717, 1.165) is 12.8 Å².